The smallest absolute Gasteiger partial charge is 0.302 e. The molecule has 1 saturated heterocycles. The van der Waals surface area contributed by atoms with E-state index in [2.05, 4.69) is 0 Å². The van der Waals surface area contributed by atoms with Gasteiger partial charge in [0.2, 0.25) is 0 Å². The first-order valence-electron chi connectivity index (χ1n) is 7.05. The van der Waals surface area contributed by atoms with E-state index in [4.69, 9.17) is 19.3 Å². The maximum absolute atomic E-state index is 10.8. The fraction of sp³-hybridized carbons (Fsp3) is 0.923. The summed E-state index contributed by atoms with van der Waals surface area (Å²) >= 11 is 0. The van der Waals surface area contributed by atoms with Crippen LogP contribution in [0.2, 0.25) is 0 Å². The van der Waals surface area contributed by atoms with E-state index in [1.807, 2.05) is 0 Å². The summed E-state index contributed by atoms with van der Waals surface area (Å²) in [4.78, 5) is 10.8. The van der Waals surface area contributed by atoms with Crippen molar-refractivity contribution < 1.29 is 44.5 Å². The molecule has 1 heterocycles. The molecule has 130 valence electrons. The largest absolute Gasteiger partial charge is 0.460 e. The van der Waals surface area contributed by atoms with Crippen LogP contribution in [0.5, 0.6) is 0 Å². The van der Waals surface area contributed by atoms with Gasteiger partial charge in [-0.2, -0.15) is 0 Å². The quantitative estimate of drug-likeness (QED) is 0.321. The highest BCUT2D eigenvalue weighted by atomic mass is 16.7. The number of aliphatic hydroxyl groups excluding tert-OH is 5. The summed E-state index contributed by atoms with van der Waals surface area (Å²) in [5.41, 5.74) is 0. The summed E-state index contributed by atoms with van der Waals surface area (Å²) in [7, 11) is 0. The van der Waals surface area contributed by atoms with E-state index in [0.717, 1.165) is 0 Å². The molecule has 1 rings (SSSR count). The molecule has 0 saturated carbocycles. The molecule has 0 aromatic rings. The minimum absolute atomic E-state index is 0.0462. The van der Waals surface area contributed by atoms with Crippen molar-refractivity contribution in [2.75, 3.05) is 13.2 Å². The number of hydrogen-bond donors (Lipinski definition) is 5. The number of rotatable bonds is 7. The van der Waals surface area contributed by atoms with Crippen LogP contribution in [-0.4, -0.2) is 87.6 Å². The normalized spacial score (nSPS) is 35.0. The van der Waals surface area contributed by atoms with Crippen molar-refractivity contribution in [2.24, 2.45) is 0 Å². The molecule has 7 atom stereocenters. The molecule has 0 amide bonds. The zero-order chi connectivity index (χ0) is 16.9. The second-order valence-corrected chi connectivity index (χ2v) is 5.24. The minimum Gasteiger partial charge on any atom is -0.460 e. The molecular weight excluding hydrogens is 300 g/mol. The Labute approximate surface area is 128 Å². The van der Waals surface area contributed by atoms with Gasteiger partial charge in [-0.25, -0.2) is 0 Å². The maximum Gasteiger partial charge on any atom is 0.302 e. The number of esters is 1. The number of aliphatic hydroxyl groups is 5. The van der Waals surface area contributed by atoms with Gasteiger partial charge in [-0.1, -0.05) is 0 Å². The Morgan fingerprint density at radius 3 is 2.41 bits per heavy atom. The summed E-state index contributed by atoms with van der Waals surface area (Å²) in [5.74, 6) is -0.513. The highest BCUT2D eigenvalue weighted by molar-refractivity contribution is 5.66. The molecule has 1 aliphatic rings. The van der Waals surface area contributed by atoms with Crippen LogP contribution in [0.15, 0.2) is 0 Å². The van der Waals surface area contributed by atoms with Crippen LogP contribution in [0.4, 0.5) is 0 Å². The van der Waals surface area contributed by atoms with Gasteiger partial charge in [0.15, 0.2) is 6.29 Å². The first kappa shape index (κ1) is 19.2. The minimum atomic E-state index is -1.51. The predicted molar refractivity (Wildman–Crippen MR) is 71.6 cm³/mol. The Hall–Kier alpha value is -0.810. The average molecular weight is 324 g/mol. The molecule has 0 spiro atoms. The zero-order valence-electron chi connectivity index (χ0n) is 12.5. The number of hydrogen-bond acceptors (Lipinski definition) is 9. The molecule has 0 aromatic carbocycles. The van der Waals surface area contributed by atoms with Crippen LogP contribution in [0.1, 0.15) is 20.3 Å². The molecule has 5 N–H and O–H groups in total. The molecule has 9 nitrogen and oxygen atoms in total. The Bertz CT molecular complexity index is 348. The maximum atomic E-state index is 10.8. The van der Waals surface area contributed by atoms with Gasteiger partial charge in [0, 0.05) is 13.3 Å². The first-order chi connectivity index (χ1) is 10.3. The van der Waals surface area contributed by atoms with Crippen LogP contribution >= 0.6 is 0 Å². The van der Waals surface area contributed by atoms with Crippen molar-refractivity contribution in [3.05, 3.63) is 0 Å². The monoisotopic (exact) mass is 324 g/mol. The molecule has 0 aliphatic carbocycles. The SMILES string of the molecule is CC(=O)O[C@H](C)[C@@H](O)CCO[C@H]1OC(CO)[C@H](O)C(O)C1O. The van der Waals surface area contributed by atoms with Crippen LogP contribution in [-0.2, 0) is 19.0 Å². The third-order valence-electron chi connectivity index (χ3n) is 3.44. The van der Waals surface area contributed by atoms with Crippen molar-refractivity contribution >= 4 is 5.97 Å². The lowest BCUT2D eigenvalue weighted by Gasteiger charge is -2.39. The summed E-state index contributed by atoms with van der Waals surface area (Å²) in [6.07, 6.45) is -8.32. The molecule has 3 unspecified atom stereocenters. The van der Waals surface area contributed by atoms with Gasteiger partial charge < -0.3 is 39.7 Å². The van der Waals surface area contributed by atoms with Crippen molar-refractivity contribution in [1.82, 2.24) is 0 Å². The molecule has 1 aliphatic heterocycles. The average Bonchev–Trinajstić information content (AvgIpc) is 2.46. The van der Waals surface area contributed by atoms with E-state index in [9.17, 15) is 25.2 Å². The second kappa shape index (κ2) is 8.73. The van der Waals surface area contributed by atoms with Crippen molar-refractivity contribution in [3.63, 3.8) is 0 Å². The molecule has 9 heteroatoms. The lowest BCUT2D eigenvalue weighted by Crippen LogP contribution is -2.59. The fourth-order valence-corrected chi connectivity index (χ4v) is 2.09. The lowest BCUT2D eigenvalue weighted by molar-refractivity contribution is -0.302. The van der Waals surface area contributed by atoms with E-state index in [-0.39, 0.29) is 13.0 Å². The third kappa shape index (κ3) is 5.13. The lowest BCUT2D eigenvalue weighted by atomic mass is 9.99. The van der Waals surface area contributed by atoms with Crippen molar-refractivity contribution in [2.45, 2.75) is 63.2 Å². The summed E-state index contributed by atoms with van der Waals surface area (Å²) in [6, 6.07) is 0. The Morgan fingerprint density at radius 2 is 1.86 bits per heavy atom. The Kier molecular flexibility index (Phi) is 7.63. The highest BCUT2D eigenvalue weighted by Crippen LogP contribution is 2.22. The molecular formula is C13H24O9. The second-order valence-electron chi connectivity index (χ2n) is 5.24. The van der Waals surface area contributed by atoms with Gasteiger partial charge in [0.05, 0.1) is 19.3 Å². The van der Waals surface area contributed by atoms with E-state index >= 15 is 0 Å². The topological polar surface area (TPSA) is 146 Å². The molecule has 0 radical (unpaired) electrons. The Morgan fingerprint density at radius 1 is 1.23 bits per heavy atom. The highest BCUT2D eigenvalue weighted by Gasteiger charge is 2.44. The zero-order valence-corrected chi connectivity index (χ0v) is 12.5. The molecule has 1 fully saturated rings. The standard InChI is InChI=1S/C13H24O9/c1-6(21-7(2)15)8(16)3-4-20-13-12(19)11(18)10(17)9(5-14)22-13/h6,8-14,16-19H,3-5H2,1-2H3/t6-,8+,9?,10+,11?,12?,13+/m1/s1. The van der Waals surface area contributed by atoms with Crippen LogP contribution in [0.3, 0.4) is 0 Å². The van der Waals surface area contributed by atoms with Crippen LogP contribution < -0.4 is 0 Å². The van der Waals surface area contributed by atoms with E-state index in [1.54, 1.807) is 0 Å². The predicted octanol–water partition coefficient (Wildman–Crippen LogP) is -2.49. The van der Waals surface area contributed by atoms with E-state index in [0.29, 0.717) is 0 Å². The Balaban J connectivity index is 2.41. The van der Waals surface area contributed by atoms with Gasteiger partial charge >= 0.3 is 5.97 Å². The molecule has 0 bridgehead atoms. The molecule has 0 aromatic heterocycles. The number of carbonyl (C=O) groups excluding carboxylic acids is 1. The van der Waals surface area contributed by atoms with Gasteiger partial charge in [-0.3, -0.25) is 4.79 Å². The van der Waals surface area contributed by atoms with E-state index < -0.39 is 55.5 Å². The van der Waals surface area contributed by atoms with Crippen molar-refractivity contribution in [1.29, 1.82) is 0 Å². The number of carbonyl (C=O) groups is 1. The fourth-order valence-electron chi connectivity index (χ4n) is 2.09. The molecule has 22 heavy (non-hydrogen) atoms. The van der Waals surface area contributed by atoms with Crippen LogP contribution in [0, 0.1) is 0 Å². The first-order valence-corrected chi connectivity index (χ1v) is 7.05. The van der Waals surface area contributed by atoms with Gasteiger partial charge in [0.25, 0.3) is 0 Å². The summed E-state index contributed by atoms with van der Waals surface area (Å²) in [6.45, 7) is 2.17. The third-order valence-corrected chi connectivity index (χ3v) is 3.44. The summed E-state index contributed by atoms with van der Waals surface area (Å²) in [5, 5.41) is 47.7. The van der Waals surface area contributed by atoms with Crippen LogP contribution in [0.25, 0.3) is 0 Å². The van der Waals surface area contributed by atoms with Gasteiger partial charge in [-0.05, 0) is 6.92 Å². The van der Waals surface area contributed by atoms with Gasteiger partial charge in [0.1, 0.15) is 30.5 Å². The van der Waals surface area contributed by atoms with Crippen molar-refractivity contribution in [3.8, 4) is 0 Å². The van der Waals surface area contributed by atoms with Gasteiger partial charge in [-0.15, -0.1) is 0 Å². The van der Waals surface area contributed by atoms with E-state index in [1.165, 1.54) is 13.8 Å². The summed E-state index contributed by atoms with van der Waals surface area (Å²) < 4.78 is 15.2. The number of ether oxygens (including phenoxy) is 3.